The summed E-state index contributed by atoms with van der Waals surface area (Å²) in [5.74, 6) is 0.164. The number of aromatic nitrogens is 1. The molecule has 0 saturated carbocycles. The standard InChI is InChI=1S/C14H19N3O3S/c1-3-9-15-11(2)12-4-6-13(7-5-12)21(18,19)17-14-8-10-20-16-14/h4-8,10-11,15H,3,9H2,1-2H3,(H,16,17). The first-order valence-corrected chi connectivity index (χ1v) is 8.28. The highest BCUT2D eigenvalue weighted by molar-refractivity contribution is 7.92. The first kappa shape index (κ1) is 15.5. The lowest BCUT2D eigenvalue weighted by atomic mass is 10.1. The highest BCUT2D eigenvalue weighted by Gasteiger charge is 2.16. The van der Waals surface area contributed by atoms with Gasteiger partial charge in [-0.3, -0.25) is 4.72 Å². The van der Waals surface area contributed by atoms with Crippen LogP contribution in [0.1, 0.15) is 31.9 Å². The highest BCUT2D eigenvalue weighted by atomic mass is 32.2. The number of anilines is 1. The maximum Gasteiger partial charge on any atom is 0.263 e. The monoisotopic (exact) mass is 309 g/mol. The molecule has 0 aliphatic heterocycles. The SMILES string of the molecule is CCCNC(C)c1ccc(S(=O)(=O)Nc2ccon2)cc1. The molecule has 1 aromatic carbocycles. The Morgan fingerprint density at radius 3 is 2.52 bits per heavy atom. The van der Waals surface area contributed by atoms with Crippen LogP contribution in [0.3, 0.4) is 0 Å². The lowest BCUT2D eigenvalue weighted by Gasteiger charge is -2.14. The van der Waals surface area contributed by atoms with Gasteiger partial charge in [0.15, 0.2) is 5.82 Å². The molecule has 1 heterocycles. The van der Waals surface area contributed by atoms with Gasteiger partial charge in [-0.05, 0) is 37.6 Å². The van der Waals surface area contributed by atoms with Crippen molar-refractivity contribution >= 4 is 15.8 Å². The van der Waals surface area contributed by atoms with E-state index in [1.807, 2.05) is 19.1 Å². The van der Waals surface area contributed by atoms with Crippen molar-refractivity contribution < 1.29 is 12.9 Å². The van der Waals surface area contributed by atoms with E-state index in [-0.39, 0.29) is 16.8 Å². The maximum atomic E-state index is 12.1. The van der Waals surface area contributed by atoms with Crippen molar-refractivity contribution in [3.8, 4) is 0 Å². The fourth-order valence-electron chi connectivity index (χ4n) is 1.88. The molecule has 7 heteroatoms. The molecular weight excluding hydrogens is 290 g/mol. The number of benzene rings is 1. The van der Waals surface area contributed by atoms with E-state index in [9.17, 15) is 8.42 Å². The minimum atomic E-state index is -3.64. The molecule has 2 aromatic rings. The first-order valence-electron chi connectivity index (χ1n) is 6.79. The molecule has 0 fully saturated rings. The number of nitrogens with one attached hydrogen (secondary N) is 2. The van der Waals surface area contributed by atoms with Gasteiger partial charge in [0.2, 0.25) is 0 Å². The van der Waals surface area contributed by atoms with Crippen LogP contribution in [0.5, 0.6) is 0 Å². The predicted octanol–water partition coefficient (Wildman–Crippen LogP) is 2.54. The van der Waals surface area contributed by atoms with Gasteiger partial charge in [0.25, 0.3) is 10.0 Å². The number of nitrogens with zero attached hydrogens (tertiary/aromatic N) is 1. The number of sulfonamides is 1. The van der Waals surface area contributed by atoms with Crippen LogP contribution in [0.2, 0.25) is 0 Å². The largest absolute Gasteiger partial charge is 0.363 e. The van der Waals surface area contributed by atoms with E-state index in [1.165, 1.54) is 12.3 Å². The zero-order valence-electron chi connectivity index (χ0n) is 12.0. The summed E-state index contributed by atoms with van der Waals surface area (Å²) < 4.78 is 31.2. The first-order chi connectivity index (χ1) is 10.0. The van der Waals surface area contributed by atoms with Gasteiger partial charge in [-0.25, -0.2) is 8.42 Å². The minimum absolute atomic E-state index is 0.164. The quantitative estimate of drug-likeness (QED) is 0.821. The van der Waals surface area contributed by atoms with Gasteiger partial charge in [0, 0.05) is 12.1 Å². The second-order valence-corrected chi connectivity index (χ2v) is 6.42. The molecule has 1 aromatic heterocycles. The zero-order chi connectivity index (χ0) is 15.3. The molecule has 1 unspecified atom stereocenters. The maximum absolute atomic E-state index is 12.1. The third-order valence-corrected chi connectivity index (χ3v) is 4.44. The Hall–Kier alpha value is -1.86. The highest BCUT2D eigenvalue weighted by Crippen LogP contribution is 2.18. The predicted molar refractivity (Wildman–Crippen MR) is 80.5 cm³/mol. The van der Waals surface area contributed by atoms with Crippen molar-refractivity contribution in [2.24, 2.45) is 0 Å². The summed E-state index contributed by atoms with van der Waals surface area (Å²) >= 11 is 0. The van der Waals surface area contributed by atoms with Gasteiger partial charge in [-0.15, -0.1) is 0 Å². The van der Waals surface area contributed by atoms with Crippen molar-refractivity contribution in [1.29, 1.82) is 0 Å². The Bertz CT molecular complexity index is 651. The van der Waals surface area contributed by atoms with E-state index in [4.69, 9.17) is 0 Å². The van der Waals surface area contributed by atoms with Gasteiger partial charge >= 0.3 is 0 Å². The van der Waals surface area contributed by atoms with Crippen molar-refractivity contribution in [1.82, 2.24) is 10.5 Å². The molecule has 0 aliphatic rings. The molecule has 1 atom stereocenters. The molecule has 0 spiro atoms. The molecule has 114 valence electrons. The smallest absolute Gasteiger partial charge is 0.263 e. The van der Waals surface area contributed by atoms with Crippen molar-refractivity contribution in [3.63, 3.8) is 0 Å². The van der Waals surface area contributed by atoms with Crippen molar-refractivity contribution in [3.05, 3.63) is 42.2 Å². The summed E-state index contributed by atoms with van der Waals surface area (Å²) in [4.78, 5) is 0.192. The van der Waals surface area contributed by atoms with Crippen LogP contribution >= 0.6 is 0 Å². The van der Waals surface area contributed by atoms with Crippen molar-refractivity contribution in [2.45, 2.75) is 31.2 Å². The molecule has 0 radical (unpaired) electrons. The number of rotatable bonds is 7. The average molecular weight is 309 g/mol. The van der Waals surface area contributed by atoms with Crippen LogP contribution in [0.4, 0.5) is 5.82 Å². The Labute approximate surface area is 124 Å². The molecular formula is C14H19N3O3S. The fraction of sp³-hybridized carbons (Fsp3) is 0.357. The Morgan fingerprint density at radius 1 is 1.24 bits per heavy atom. The van der Waals surface area contributed by atoms with E-state index >= 15 is 0 Å². The minimum Gasteiger partial charge on any atom is -0.363 e. The van der Waals surface area contributed by atoms with E-state index in [0.717, 1.165) is 18.5 Å². The fourth-order valence-corrected chi connectivity index (χ4v) is 2.87. The van der Waals surface area contributed by atoms with Crippen LogP contribution < -0.4 is 10.0 Å². The summed E-state index contributed by atoms with van der Waals surface area (Å²) in [5, 5.41) is 6.89. The Balaban J connectivity index is 2.11. The molecule has 0 aliphatic carbocycles. The Kier molecular flexibility index (Phi) is 4.98. The molecule has 0 amide bonds. The van der Waals surface area contributed by atoms with Gasteiger partial charge in [-0.1, -0.05) is 24.2 Å². The molecule has 2 N–H and O–H groups in total. The van der Waals surface area contributed by atoms with Gasteiger partial charge in [0.05, 0.1) is 4.90 Å². The number of hydrogen-bond donors (Lipinski definition) is 2. The molecule has 0 saturated heterocycles. The summed E-state index contributed by atoms with van der Waals surface area (Å²) in [6.45, 7) is 5.08. The summed E-state index contributed by atoms with van der Waals surface area (Å²) in [5.41, 5.74) is 1.05. The third kappa shape index (κ3) is 4.05. The zero-order valence-corrected chi connectivity index (χ0v) is 12.9. The van der Waals surface area contributed by atoms with Crippen LogP contribution in [-0.2, 0) is 10.0 Å². The van der Waals surface area contributed by atoms with E-state index < -0.39 is 10.0 Å². The second-order valence-electron chi connectivity index (χ2n) is 4.74. The molecule has 21 heavy (non-hydrogen) atoms. The normalized spacial score (nSPS) is 13.0. The topological polar surface area (TPSA) is 84.2 Å². The molecule has 6 nitrogen and oxygen atoms in total. The summed E-state index contributed by atoms with van der Waals surface area (Å²) in [7, 11) is -3.64. The van der Waals surface area contributed by atoms with Crippen LogP contribution in [0.25, 0.3) is 0 Å². The van der Waals surface area contributed by atoms with Gasteiger partial charge in [-0.2, -0.15) is 0 Å². The van der Waals surface area contributed by atoms with E-state index in [0.29, 0.717) is 0 Å². The lowest BCUT2D eigenvalue weighted by Crippen LogP contribution is -2.19. The molecule has 2 rings (SSSR count). The van der Waals surface area contributed by atoms with E-state index in [1.54, 1.807) is 12.1 Å². The summed E-state index contributed by atoms with van der Waals surface area (Å²) in [6, 6.07) is 8.42. The van der Waals surface area contributed by atoms with Crippen LogP contribution in [0.15, 0.2) is 46.0 Å². The van der Waals surface area contributed by atoms with Gasteiger partial charge in [0.1, 0.15) is 6.26 Å². The second kappa shape index (κ2) is 6.73. The van der Waals surface area contributed by atoms with Crippen molar-refractivity contribution in [2.75, 3.05) is 11.3 Å². The van der Waals surface area contributed by atoms with Crippen LogP contribution in [0, 0.1) is 0 Å². The average Bonchev–Trinajstić information content (AvgIpc) is 2.97. The Morgan fingerprint density at radius 2 is 1.95 bits per heavy atom. The lowest BCUT2D eigenvalue weighted by molar-refractivity contribution is 0.423. The van der Waals surface area contributed by atoms with E-state index in [2.05, 4.69) is 26.6 Å². The van der Waals surface area contributed by atoms with Gasteiger partial charge < -0.3 is 9.84 Å². The van der Waals surface area contributed by atoms with Crippen LogP contribution in [-0.4, -0.2) is 20.1 Å². The number of hydrogen-bond acceptors (Lipinski definition) is 5. The summed E-state index contributed by atoms with van der Waals surface area (Å²) in [6.07, 6.45) is 2.36. The third-order valence-electron chi connectivity index (χ3n) is 3.07. The molecule has 0 bridgehead atoms.